The van der Waals surface area contributed by atoms with Crippen LogP contribution in [-0.4, -0.2) is 30.1 Å². The van der Waals surface area contributed by atoms with Crippen molar-refractivity contribution in [1.82, 2.24) is 10.2 Å². The van der Waals surface area contributed by atoms with Gasteiger partial charge in [0.25, 0.3) is 0 Å². The minimum atomic E-state index is 0.181. The number of nitrogens with zero attached hydrogens (tertiary/aromatic N) is 1. The van der Waals surface area contributed by atoms with Crippen molar-refractivity contribution in [1.29, 1.82) is 0 Å². The molecule has 2 rings (SSSR count). The third-order valence-corrected chi connectivity index (χ3v) is 4.06. The predicted molar refractivity (Wildman–Crippen MR) is 65.4 cm³/mol. The van der Waals surface area contributed by atoms with Gasteiger partial charge in [-0.15, -0.1) is 0 Å². The van der Waals surface area contributed by atoms with Crippen LogP contribution in [0.15, 0.2) is 0 Å². The predicted octanol–water partition coefficient (Wildman–Crippen LogP) is 2.76. The van der Waals surface area contributed by atoms with E-state index in [1.165, 1.54) is 44.9 Å². The van der Waals surface area contributed by atoms with Crippen molar-refractivity contribution in [3.63, 3.8) is 0 Å². The quantitative estimate of drug-likeness (QED) is 0.730. The lowest BCUT2D eigenvalue weighted by atomic mass is 10.1. The number of rotatable bonds is 1. The first-order chi connectivity index (χ1) is 7.77. The third kappa shape index (κ3) is 2.89. The van der Waals surface area contributed by atoms with Gasteiger partial charge >= 0.3 is 6.03 Å². The molecule has 1 saturated carbocycles. The number of hydrogen-bond acceptors (Lipinski definition) is 1. The van der Waals surface area contributed by atoms with Gasteiger partial charge < -0.3 is 10.2 Å². The van der Waals surface area contributed by atoms with Gasteiger partial charge in [0.2, 0.25) is 0 Å². The molecule has 0 aromatic carbocycles. The van der Waals surface area contributed by atoms with Gasteiger partial charge in [-0.2, -0.15) is 0 Å². The molecule has 1 heterocycles. The highest BCUT2D eigenvalue weighted by Gasteiger charge is 2.26. The summed E-state index contributed by atoms with van der Waals surface area (Å²) in [7, 11) is 0. The Balaban J connectivity index is 1.81. The molecular formula is C13H24N2O. The molecule has 16 heavy (non-hydrogen) atoms. The first-order valence-corrected chi connectivity index (χ1v) is 6.83. The van der Waals surface area contributed by atoms with Crippen LogP contribution in [0.4, 0.5) is 4.79 Å². The van der Waals surface area contributed by atoms with E-state index >= 15 is 0 Å². The first-order valence-electron chi connectivity index (χ1n) is 6.83. The SMILES string of the molecule is CC1CCCC1NC(=O)N1CCCCCC1. The summed E-state index contributed by atoms with van der Waals surface area (Å²) in [4.78, 5) is 14.1. The zero-order valence-corrected chi connectivity index (χ0v) is 10.4. The molecule has 2 atom stereocenters. The fraction of sp³-hybridized carbons (Fsp3) is 0.923. The standard InChI is InChI=1S/C13H24N2O/c1-11-7-6-8-12(11)14-13(16)15-9-4-2-3-5-10-15/h11-12H,2-10H2,1H3,(H,14,16). The summed E-state index contributed by atoms with van der Waals surface area (Å²) in [6.07, 6.45) is 8.62. The Morgan fingerprint density at radius 2 is 1.75 bits per heavy atom. The highest BCUT2D eigenvalue weighted by atomic mass is 16.2. The van der Waals surface area contributed by atoms with E-state index < -0.39 is 0 Å². The molecule has 1 N–H and O–H groups in total. The van der Waals surface area contributed by atoms with E-state index in [1.54, 1.807) is 0 Å². The Bertz CT molecular complexity index is 234. The maximum Gasteiger partial charge on any atom is 0.317 e. The average molecular weight is 224 g/mol. The minimum absolute atomic E-state index is 0.181. The lowest BCUT2D eigenvalue weighted by Gasteiger charge is -2.25. The molecular weight excluding hydrogens is 200 g/mol. The number of carbonyl (C=O) groups is 1. The van der Waals surface area contributed by atoms with Gasteiger partial charge in [-0.05, 0) is 31.6 Å². The zero-order chi connectivity index (χ0) is 11.4. The molecule has 3 heteroatoms. The van der Waals surface area contributed by atoms with Gasteiger partial charge in [0.05, 0.1) is 0 Å². The van der Waals surface area contributed by atoms with Crippen LogP contribution in [0.1, 0.15) is 51.9 Å². The number of urea groups is 1. The highest BCUT2D eigenvalue weighted by molar-refractivity contribution is 5.74. The van der Waals surface area contributed by atoms with Crippen molar-refractivity contribution in [2.24, 2.45) is 5.92 Å². The van der Waals surface area contributed by atoms with Gasteiger partial charge in [0.15, 0.2) is 0 Å². The Morgan fingerprint density at radius 3 is 2.31 bits per heavy atom. The molecule has 1 saturated heterocycles. The Hall–Kier alpha value is -0.730. The van der Waals surface area contributed by atoms with Gasteiger partial charge in [-0.3, -0.25) is 0 Å². The van der Waals surface area contributed by atoms with Gasteiger partial charge in [-0.25, -0.2) is 4.79 Å². The normalized spacial score (nSPS) is 31.2. The molecule has 2 fully saturated rings. The Morgan fingerprint density at radius 1 is 1.06 bits per heavy atom. The van der Waals surface area contributed by atoms with Gasteiger partial charge in [0.1, 0.15) is 0 Å². The molecule has 0 aromatic rings. The second-order valence-electron chi connectivity index (χ2n) is 5.37. The van der Waals surface area contributed by atoms with Crippen LogP contribution in [0.25, 0.3) is 0 Å². The highest BCUT2D eigenvalue weighted by Crippen LogP contribution is 2.25. The molecule has 1 aliphatic carbocycles. The summed E-state index contributed by atoms with van der Waals surface area (Å²) in [5, 5.41) is 3.21. The molecule has 0 bridgehead atoms. The smallest absolute Gasteiger partial charge is 0.317 e. The molecule has 0 aromatic heterocycles. The van der Waals surface area contributed by atoms with Crippen LogP contribution in [0.3, 0.4) is 0 Å². The topological polar surface area (TPSA) is 32.3 Å². The average Bonchev–Trinajstić information content (AvgIpc) is 2.57. The number of carbonyl (C=O) groups excluding carboxylic acids is 1. The Kier molecular flexibility index (Phi) is 4.08. The largest absolute Gasteiger partial charge is 0.335 e. The second kappa shape index (κ2) is 5.55. The molecule has 2 unspecified atom stereocenters. The van der Waals surface area contributed by atoms with E-state index in [9.17, 15) is 4.79 Å². The van der Waals surface area contributed by atoms with Crippen molar-refractivity contribution >= 4 is 6.03 Å². The summed E-state index contributed by atoms with van der Waals surface area (Å²) in [5.74, 6) is 0.663. The van der Waals surface area contributed by atoms with Crippen LogP contribution in [0.2, 0.25) is 0 Å². The Labute approximate surface area is 98.6 Å². The summed E-state index contributed by atoms with van der Waals surface area (Å²) in [5.41, 5.74) is 0. The number of likely N-dealkylation sites (tertiary alicyclic amines) is 1. The fourth-order valence-corrected chi connectivity index (χ4v) is 2.88. The molecule has 2 aliphatic rings. The monoisotopic (exact) mass is 224 g/mol. The van der Waals surface area contributed by atoms with E-state index in [4.69, 9.17) is 0 Å². The van der Waals surface area contributed by atoms with Gasteiger partial charge in [-0.1, -0.05) is 26.2 Å². The summed E-state index contributed by atoms with van der Waals surface area (Å²) in [6, 6.07) is 0.608. The molecule has 0 spiro atoms. The fourth-order valence-electron chi connectivity index (χ4n) is 2.88. The first kappa shape index (κ1) is 11.7. The lowest BCUT2D eigenvalue weighted by Crippen LogP contribution is -2.46. The summed E-state index contributed by atoms with van der Waals surface area (Å²) >= 11 is 0. The van der Waals surface area contributed by atoms with Crippen LogP contribution in [-0.2, 0) is 0 Å². The summed E-state index contributed by atoms with van der Waals surface area (Å²) in [6.45, 7) is 4.15. The molecule has 92 valence electrons. The number of nitrogens with one attached hydrogen (secondary N) is 1. The van der Waals surface area contributed by atoms with E-state index in [1.807, 2.05) is 4.90 Å². The molecule has 2 amide bonds. The van der Waals surface area contributed by atoms with E-state index in [2.05, 4.69) is 12.2 Å². The van der Waals surface area contributed by atoms with Crippen molar-refractivity contribution in [3.05, 3.63) is 0 Å². The van der Waals surface area contributed by atoms with E-state index in [0.717, 1.165) is 13.1 Å². The third-order valence-electron chi connectivity index (χ3n) is 4.06. The maximum atomic E-state index is 12.1. The van der Waals surface area contributed by atoms with Crippen LogP contribution in [0, 0.1) is 5.92 Å². The van der Waals surface area contributed by atoms with E-state index in [-0.39, 0.29) is 6.03 Å². The molecule has 1 aliphatic heterocycles. The molecule has 0 radical (unpaired) electrons. The second-order valence-corrected chi connectivity index (χ2v) is 5.37. The lowest BCUT2D eigenvalue weighted by molar-refractivity contribution is 0.193. The van der Waals surface area contributed by atoms with E-state index in [0.29, 0.717) is 12.0 Å². The molecule has 3 nitrogen and oxygen atoms in total. The minimum Gasteiger partial charge on any atom is -0.335 e. The van der Waals surface area contributed by atoms with Crippen molar-refractivity contribution in [2.75, 3.05) is 13.1 Å². The number of hydrogen-bond donors (Lipinski definition) is 1. The zero-order valence-electron chi connectivity index (χ0n) is 10.4. The van der Waals surface area contributed by atoms with Crippen molar-refractivity contribution < 1.29 is 4.79 Å². The van der Waals surface area contributed by atoms with Crippen LogP contribution >= 0.6 is 0 Å². The van der Waals surface area contributed by atoms with Crippen molar-refractivity contribution in [3.8, 4) is 0 Å². The van der Waals surface area contributed by atoms with Crippen LogP contribution in [0.5, 0.6) is 0 Å². The number of amides is 2. The van der Waals surface area contributed by atoms with Crippen molar-refractivity contribution in [2.45, 2.75) is 57.9 Å². The van der Waals surface area contributed by atoms with Gasteiger partial charge in [0, 0.05) is 19.1 Å². The maximum absolute atomic E-state index is 12.1. The van der Waals surface area contributed by atoms with Crippen LogP contribution < -0.4 is 5.32 Å². The summed E-state index contributed by atoms with van der Waals surface area (Å²) < 4.78 is 0.